The minimum absolute atomic E-state index is 0.0852. The van der Waals surface area contributed by atoms with Crippen LogP contribution in [0.15, 0.2) is 0 Å². The van der Waals surface area contributed by atoms with E-state index in [2.05, 4.69) is 0 Å². The molecule has 0 aromatic rings. The van der Waals surface area contributed by atoms with Crippen molar-refractivity contribution in [2.75, 3.05) is 26.0 Å². The van der Waals surface area contributed by atoms with Gasteiger partial charge < -0.3 is 13.8 Å². The molecule has 0 fully saturated rings. The molecule has 0 aliphatic rings. The number of rotatable bonds is 9. The lowest BCUT2D eigenvalue weighted by Gasteiger charge is -2.20. The topological polar surface area (TPSA) is 61.8 Å². The predicted molar refractivity (Wildman–Crippen MR) is 66.1 cm³/mol. The summed E-state index contributed by atoms with van der Waals surface area (Å²) in [4.78, 5) is 11.3. The van der Waals surface area contributed by atoms with Crippen molar-refractivity contribution in [1.82, 2.24) is 0 Å². The lowest BCUT2D eigenvalue weighted by Crippen LogP contribution is -2.14. The van der Waals surface area contributed by atoms with Crippen molar-refractivity contribution in [3.8, 4) is 0 Å². The molecule has 1 atom stereocenters. The third kappa shape index (κ3) is 7.53. The first kappa shape index (κ1) is 16.6. The van der Waals surface area contributed by atoms with Gasteiger partial charge in [0.25, 0.3) is 0 Å². The zero-order valence-corrected chi connectivity index (χ0v) is 12.0. The maximum absolute atomic E-state index is 12.2. The van der Waals surface area contributed by atoms with E-state index in [1.165, 1.54) is 0 Å². The van der Waals surface area contributed by atoms with E-state index >= 15 is 0 Å². The fourth-order valence-corrected chi connectivity index (χ4v) is 3.45. The average Bonchev–Trinajstić information content (AvgIpc) is 2.17. The van der Waals surface area contributed by atoms with Gasteiger partial charge in [-0.2, -0.15) is 0 Å². The van der Waals surface area contributed by atoms with Crippen molar-refractivity contribution in [3.05, 3.63) is 0 Å². The summed E-state index contributed by atoms with van der Waals surface area (Å²) in [6, 6.07) is 0. The summed E-state index contributed by atoms with van der Waals surface area (Å²) in [5.41, 5.74) is 0. The number of esters is 1. The standard InChI is InChI=1S/C11H23O5P/c1-5-14-11(12)8-10(4)9-17(13,15-6-2)16-7-3/h10H,5-9H2,1-4H3. The molecule has 102 valence electrons. The Hall–Kier alpha value is -0.380. The van der Waals surface area contributed by atoms with E-state index in [9.17, 15) is 9.36 Å². The van der Waals surface area contributed by atoms with Crippen LogP contribution in [-0.4, -0.2) is 32.0 Å². The fourth-order valence-electron chi connectivity index (χ4n) is 1.49. The molecule has 0 aromatic heterocycles. The van der Waals surface area contributed by atoms with Crippen molar-refractivity contribution < 1.29 is 23.1 Å². The molecule has 0 saturated heterocycles. The quantitative estimate of drug-likeness (QED) is 0.474. The van der Waals surface area contributed by atoms with Gasteiger partial charge in [0, 0.05) is 6.42 Å². The highest BCUT2D eigenvalue weighted by Crippen LogP contribution is 2.49. The molecule has 0 heterocycles. The molecule has 1 unspecified atom stereocenters. The molecule has 6 heteroatoms. The van der Waals surface area contributed by atoms with Gasteiger partial charge in [-0.3, -0.25) is 9.36 Å². The second-order valence-electron chi connectivity index (χ2n) is 3.74. The lowest BCUT2D eigenvalue weighted by molar-refractivity contribution is -0.143. The fraction of sp³-hybridized carbons (Fsp3) is 0.909. The Balaban J connectivity index is 4.25. The molecule has 0 aromatic carbocycles. The molecule has 0 rings (SSSR count). The third-order valence-electron chi connectivity index (χ3n) is 2.01. The summed E-state index contributed by atoms with van der Waals surface area (Å²) < 4.78 is 27.3. The Kier molecular flexibility index (Phi) is 8.48. The van der Waals surface area contributed by atoms with E-state index < -0.39 is 7.60 Å². The van der Waals surface area contributed by atoms with Gasteiger partial charge in [-0.05, 0) is 26.7 Å². The normalized spacial score (nSPS) is 13.4. The number of hydrogen-bond donors (Lipinski definition) is 0. The maximum Gasteiger partial charge on any atom is 0.330 e. The summed E-state index contributed by atoms with van der Waals surface area (Å²) >= 11 is 0. The number of ether oxygens (including phenoxy) is 1. The van der Waals surface area contributed by atoms with Crippen LogP contribution >= 0.6 is 7.60 Å². The maximum atomic E-state index is 12.2. The second kappa shape index (κ2) is 8.67. The highest BCUT2D eigenvalue weighted by molar-refractivity contribution is 7.53. The summed E-state index contributed by atoms with van der Waals surface area (Å²) in [5, 5.41) is 0. The lowest BCUT2D eigenvalue weighted by atomic mass is 10.1. The molecule has 0 spiro atoms. The van der Waals surface area contributed by atoms with Crippen LogP contribution < -0.4 is 0 Å². The van der Waals surface area contributed by atoms with Crippen molar-refractivity contribution in [3.63, 3.8) is 0 Å². The van der Waals surface area contributed by atoms with Crippen LogP contribution in [0.25, 0.3) is 0 Å². The van der Waals surface area contributed by atoms with Crippen LogP contribution in [0.3, 0.4) is 0 Å². The van der Waals surface area contributed by atoms with Crippen LogP contribution in [0, 0.1) is 5.92 Å². The summed E-state index contributed by atoms with van der Waals surface area (Å²) in [6.45, 7) is 8.16. The van der Waals surface area contributed by atoms with Crippen molar-refractivity contribution in [1.29, 1.82) is 0 Å². The van der Waals surface area contributed by atoms with Crippen LogP contribution in [0.5, 0.6) is 0 Å². The summed E-state index contributed by atoms with van der Waals surface area (Å²) in [5.74, 6) is -0.363. The van der Waals surface area contributed by atoms with E-state index in [-0.39, 0.29) is 24.5 Å². The predicted octanol–water partition coefficient (Wildman–Crippen LogP) is 2.84. The van der Waals surface area contributed by atoms with Gasteiger partial charge in [-0.1, -0.05) is 6.92 Å². The van der Waals surface area contributed by atoms with Gasteiger partial charge in [0.2, 0.25) is 0 Å². The van der Waals surface area contributed by atoms with Crippen LogP contribution in [0.1, 0.15) is 34.1 Å². The molecular weight excluding hydrogens is 243 g/mol. The third-order valence-corrected chi connectivity index (χ3v) is 4.38. The molecule has 0 aliphatic carbocycles. The molecule has 0 aliphatic heterocycles. The average molecular weight is 266 g/mol. The van der Waals surface area contributed by atoms with Crippen molar-refractivity contribution >= 4 is 13.6 Å². The number of carbonyl (C=O) groups excluding carboxylic acids is 1. The SMILES string of the molecule is CCOC(=O)CC(C)CP(=O)(OCC)OCC. The highest BCUT2D eigenvalue weighted by atomic mass is 31.2. The summed E-state index contributed by atoms with van der Waals surface area (Å²) in [7, 11) is -3.06. The van der Waals surface area contributed by atoms with Crippen LogP contribution in [0.4, 0.5) is 0 Å². The molecule has 0 amide bonds. The minimum Gasteiger partial charge on any atom is -0.466 e. The van der Waals surface area contributed by atoms with E-state index in [1.54, 1.807) is 20.8 Å². The second-order valence-corrected chi connectivity index (χ2v) is 5.85. The van der Waals surface area contributed by atoms with Gasteiger partial charge in [0.1, 0.15) is 0 Å². The summed E-state index contributed by atoms with van der Waals surface area (Å²) in [6.07, 6.45) is 0.478. The first-order valence-corrected chi connectivity index (χ1v) is 7.73. The molecule has 17 heavy (non-hydrogen) atoms. The first-order valence-electron chi connectivity index (χ1n) is 6.01. The monoisotopic (exact) mass is 266 g/mol. The van der Waals surface area contributed by atoms with Crippen molar-refractivity contribution in [2.45, 2.75) is 34.1 Å². The smallest absolute Gasteiger partial charge is 0.330 e. The van der Waals surface area contributed by atoms with Gasteiger partial charge in [-0.15, -0.1) is 0 Å². The highest BCUT2D eigenvalue weighted by Gasteiger charge is 2.27. The zero-order chi connectivity index (χ0) is 13.3. The van der Waals surface area contributed by atoms with Gasteiger partial charge in [-0.25, -0.2) is 0 Å². The van der Waals surface area contributed by atoms with Crippen molar-refractivity contribution in [2.24, 2.45) is 5.92 Å². The van der Waals surface area contributed by atoms with E-state index in [4.69, 9.17) is 13.8 Å². The molecule has 0 saturated carbocycles. The number of hydrogen-bond acceptors (Lipinski definition) is 5. The Morgan fingerprint density at radius 3 is 2.06 bits per heavy atom. The minimum atomic E-state index is -3.06. The Morgan fingerprint density at radius 1 is 1.12 bits per heavy atom. The zero-order valence-electron chi connectivity index (χ0n) is 11.1. The number of carbonyl (C=O) groups is 1. The molecule has 0 N–H and O–H groups in total. The van der Waals surface area contributed by atoms with Gasteiger partial charge >= 0.3 is 13.6 Å². The molecule has 0 bridgehead atoms. The Morgan fingerprint density at radius 2 is 1.65 bits per heavy atom. The molecule has 5 nitrogen and oxygen atoms in total. The largest absolute Gasteiger partial charge is 0.466 e. The van der Waals surface area contributed by atoms with E-state index in [1.807, 2.05) is 6.92 Å². The Bertz CT molecular complexity index is 257. The molecular formula is C11H23O5P. The van der Waals surface area contributed by atoms with Crippen LogP contribution in [0.2, 0.25) is 0 Å². The van der Waals surface area contributed by atoms with Crippen LogP contribution in [-0.2, 0) is 23.1 Å². The van der Waals surface area contributed by atoms with E-state index in [0.717, 1.165) is 0 Å². The Labute approximate surface area is 103 Å². The van der Waals surface area contributed by atoms with Gasteiger partial charge in [0.15, 0.2) is 0 Å². The van der Waals surface area contributed by atoms with E-state index in [0.29, 0.717) is 19.8 Å². The first-order chi connectivity index (χ1) is 7.97. The van der Waals surface area contributed by atoms with Gasteiger partial charge in [0.05, 0.1) is 26.0 Å². The molecule has 0 radical (unpaired) electrons.